The van der Waals surface area contributed by atoms with Gasteiger partial charge in [0.1, 0.15) is 0 Å². The predicted octanol–water partition coefficient (Wildman–Crippen LogP) is 2.78. The van der Waals surface area contributed by atoms with Gasteiger partial charge in [0.25, 0.3) is 0 Å². The van der Waals surface area contributed by atoms with Gasteiger partial charge in [-0.3, -0.25) is 0 Å². The molecule has 0 saturated heterocycles. The molecule has 0 aliphatic carbocycles. The van der Waals surface area contributed by atoms with Gasteiger partial charge in [0.2, 0.25) is 0 Å². The average Bonchev–Trinajstić information content (AvgIpc) is 2.48. The Bertz CT molecular complexity index is 726. The predicted molar refractivity (Wildman–Crippen MR) is 85.2 cm³/mol. The van der Waals surface area contributed by atoms with Crippen LogP contribution >= 0.6 is 11.6 Å². The number of halogens is 1. The monoisotopic (exact) mass is 322 g/mol. The highest BCUT2D eigenvalue weighted by Gasteiger charge is 2.15. The number of hydrogen-bond donors (Lipinski definition) is 1. The van der Waals surface area contributed by atoms with E-state index in [1.165, 1.54) is 0 Å². The molecule has 0 spiro atoms. The summed E-state index contributed by atoms with van der Waals surface area (Å²) in [6.45, 7) is 0. The van der Waals surface area contributed by atoms with E-state index in [-0.39, 0.29) is 15.8 Å². The Balaban J connectivity index is 2.23. The van der Waals surface area contributed by atoms with Crippen molar-refractivity contribution in [3.05, 3.63) is 65.7 Å². The summed E-state index contributed by atoms with van der Waals surface area (Å²) < 4.78 is 24.7. The smallest absolute Gasteiger partial charge is 0.182 e. The first-order chi connectivity index (χ1) is 10.0. The summed E-state index contributed by atoms with van der Waals surface area (Å²) in [5.41, 5.74) is 4.00. The van der Waals surface area contributed by atoms with E-state index < -0.39 is 9.84 Å². The van der Waals surface area contributed by atoms with E-state index in [1.54, 1.807) is 43.4 Å². The molecule has 1 N–H and O–H groups in total. The Morgan fingerprint density at radius 3 is 2.29 bits per heavy atom. The summed E-state index contributed by atoms with van der Waals surface area (Å²) in [7, 11) is -1.73. The van der Waals surface area contributed by atoms with Crippen molar-refractivity contribution >= 4 is 26.6 Å². The fourth-order valence-corrected chi connectivity index (χ4v) is 3.40. The minimum atomic E-state index is -3.37. The van der Waals surface area contributed by atoms with E-state index in [0.29, 0.717) is 5.56 Å². The number of hydrazone groups is 1. The molecule has 21 heavy (non-hydrogen) atoms. The van der Waals surface area contributed by atoms with Gasteiger partial charge in [-0.15, -0.1) is 0 Å². The third-order valence-corrected chi connectivity index (χ3v) is 4.87. The molecular weight excluding hydrogens is 308 g/mol. The van der Waals surface area contributed by atoms with Crippen molar-refractivity contribution in [2.24, 2.45) is 5.10 Å². The largest absolute Gasteiger partial charge is 0.312 e. The Morgan fingerprint density at radius 1 is 1.10 bits per heavy atom. The van der Waals surface area contributed by atoms with Crippen LogP contribution in [0.1, 0.15) is 11.1 Å². The molecular formula is C15H15ClN2O2S. The number of hydrogen-bond acceptors (Lipinski definition) is 4. The normalized spacial score (nSPS) is 12.2. The number of nitrogens with zero attached hydrogens (tertiary/aromatic N) is 1. The molecule has 4 nitrogen and oxygen atoms in total. The Morgan fingerprint density at radius 2 is 1.71 bits per heavy atom. The summed E-state index contributed by atoms with van der Waals surface area (Å²) in [5, 5.41) is 4.12. The molecule has 0 heterocycles. The van der Waals surface area contributed by atoms with Crippen LogP contribution < -0.4 is 5.43 Å². The first-order valence-electron chi connectivity index (χ1n) is 6.30. The van der Waals surface area contributed by atoms with Gasteiger partial charge in [0.05, 0.1) is 10.6 Å². The highest BCUT2D eigenvalue weighted by Crippen LogP contribution is 2.18. The SMILES string of the molecule is CNN=C(Cl)c1ccc(S(=O)(=O)Cc2ccccc2)cc1. The maximum atomic E-state index is 12.3. The zero-order valence-electron chi connectivity index (χ0n) is 11.5. The van der Waals surface area contributed by atoms with Crippen molar-refractivity contribution in [2.75, 3.05) is 7.05 Å². The van der Waals surface area contributed by atoms with Crippen LogP contribution in [0.3, 0.4) is 0 Å². The molecule has 0 fully saturated rings. The lowest BCUT2D eigenvalue weighted by Crippen LogP contribution is -2.06. The number of nitrogens with one attached hydrogen (secondary N) is 1. The minimum Gasteiger partial charge on any atom is -0.312 e. The third-order valence-electron chi connectivity index (χ3n) is 2.86. The summed E-state index contributed by atoms with van der Waals surface area (Å²) in [6, 6.07) is 15.5. The van der Waals surface area contributed by atoms with Gasteiger partial charge in [0.15, 0.2) is 15.0 Å². The number of benzene rings is 2. The summed E-state index contributed by atoms with van der Waals surface area (Å²) in [6.07, 6.45) is 0. The highest BCUT2D eigenvalue weighted by molar-refractivity contribution is 7.90. The third kappa shape index (κ3) is 4.06. The maximum absolute atomic E-state index is 12.3. The standard InChI is InChI=1S/C15H15ClN2O2S/c1-17-18-15(16)13-7-9-14(10-8-13)21(19,20)11-12-5-3-2-4-6-12/h2-10,17H,11H2,1H3. The molecule has 0 atom stereocenters. The van der Waals surface area contributed by atoms with Crippen molar-refractivity contribution in [1.29, 1.82) is 0 Å². The van der Waals surface area contributed by atoms with Gasteiger partial charge in [-0.2, -0.15) is 5.10 Å². The van der Waals surface area contributed by atoms with Gasteiger partial charge in [0, 0.05) is 12.6 Å². The van der Waals surface area contributed by atoms with Crippen molar-refractivity contribution in [1.82, 2.24) is 5.43 Å². The Labute approximate surface area is 129 Å². The molecule has 0 amide bonds. The van der Waals surface area contributed by atoms with E-state index in [0.717, 1.165) is 5.56 Å². The van der Waals surface area contributed by atoms with Gasteiger partial charge >= 0.3 is 0 Å². The quantitative estimate of drug-likeness (QED) is 0.680. The fourth-order valence-electron chi connectivity index (χ4n) is 1.84. The molecule has 0 aliphatic rings. The van der Waals surface area contributed by atoms with Crippen LogP contribution in [0.25, 0.3) is 0 Å². The molecule has 0 saturated carbocycles. The molecule has 6 heteroatoms. The lowest BCUT2D eigenvalue weighted by atomic mass is 10.2. The maximum Gasteiger partial charge on any atom is 0.182 e. The lowest BCUT2D eigenvalue weighted by molar-refractivity contribution is 0.595. The van der Waals surface area contributed by atoms with Crippen molar-refractivity contribution in [3.63, 3.8) is 0 Å². The van der Waals surface area contributed by atoms with Crippen molar-refractivity contribution < 1.29 is 8.42 Å². The van der Waals surface area contributed by atoms with E-state index in [2.05, 4.69) is 10.5 Å². The van der Waals surface area contributed by atoms with Gasteiger partial charge in [-0.05, 0) is 17.7 Å². The van der Waals surface area contributed by atoms with Crippen LogP contribution in [0, 0.1) is 0 Å². The zero-order valence-corrected chi connectivity index (χ0v) is 13.0. The van der Waals surface area contributed by atoms with E-state index in [9.17, 15) is 8.42 Å². The first-order valence-corrected chi connectivity index (χ1v) is 8.33. The average molecular weight is 323 g/mol. The molecule has 2 aromatic rings. The second-order valence-corrected chi connectivity index (χ2v) is 6.74. The number of rotatable bonds is 5. The topological polar surface area (TPSA) is 58.5 Å². The van der Waals surface area contributed by atoms with Gasteiger partial charge in [-0.1, -0.05) is 54.1 Å². The second kappa shape index (κ2) is 6.74. The van der Waals surface area contributed by atoms with Crippen LogP contribution in [-0.2, 0) is 15.6 Å². The molecule has 110 valence electrons. The van der Waals surface area contributed by atoms with Crippen LogP contribution in [0.2, 0.25) is 0 Å². The highest BCUT2D eigenvalue weighted by atomic mass is 35.5. The van der Waals surface area contributed by atoms with Gasteiger partial charge < -0.3 is 5.43 Å². The summed E-state index contributed by atoms with van der Waals surface area (Å²) in [4.78, 5) is 0.268. The molecule has 0 aromatic heterocycles. The second-order valence-electron chi connectivity index (χ2n) is 4.40. The molecule has 0 radical (unpaired) electrons. The molecule has 2 aromatic carbocycles. The molecule has 2 rings (SSSR count). The van der Waals surface area contributed by atoms with E-state index in [1.807, 2.05) is 18.2 Å². The van der Waals surface area contributed by atoms with E-state index in [4.69, 9.17) is 11.6 Å². The van der Waals surface area contributed by atoms with Crippen LogP contribution in [0.5, 0.6) is 0 Å². The summed E-state index contributed by atoms with van der Waals surface area (Å²) >= 11 is 5.94. The van der Waals surface area contributed by atoms with Crippen molar-refractivity contribution in [2.45, 2.75) is 10.6 Å². The van der Waals surface area contributed by atoms with Crippen LogP contribution in [0.4, 0.5) is 0 Å². The van der Waals surface area contributed by atoms with Gasteiger partial charge in [-0.25, -0.2) is 8.42 Å². The fraction of sp³-hybridized carbons (Fsp3) is 0.133. The minimum absolute atomic E-state index is 0.0223. The molecule has 0 unspecified atom stereocenters. The Kier molecular flexibility index (Phi) is 4.98. The Hall–Kier alpha value is -1.85. The summed E-state index contributed by atoms with van der Waals surface area (Å²) in [5.74, 6) is -0.0223. The zero-order chi connectivity index (χ0) is 15.3. The van der Waals surface area contributed by atoms with Crippen LogP contribution in [-0.4, -0.2) is 20.6 Å². The molecule has 0 aliphatic heterocycles. The first kappa shape index (κ1) is 15.5. The van der Waals surface area contributed by atoms with Crippen molar-refractivity contribution in [3.8, 4) is 0 Å². The lowest BCUT2D eigenvalue weighted by Gasteiger charge is -2.06. The molecule has 0 bridgehead atoms. The van der Waals surface area contributed by atoms with E-state index >= 15 is 0 Å². The number of sulfone groups is 1. The van der Waals surface area contributed by atoms with Crippen LogP contribution in [0.15, 0.2) is 64.6 Å².